The number of nitrogens with zero attached hydrogens (tertiary/aromatic N) is 2. The van der Waals surface area contributed by atoms with Gasteiger partial charge in [-0.1, -0.05) is 24.1 Å². The molecule has 32 heavy (non-hydrogen) atoms. The lowest BCUT2D eigenvalue weighted by Gasteiger charge is -2.12. The number of fused-ring (bicyclic) bond motifs is 1. The van der Waals surface area contributed by atoms with Crippen molar-refractivity contribution in [1.82, 2.24) is 9.71 Å². The number of anilines is 1. The predicted octanol–water partition coefficient (Wildman–Crippen LogP) is 4.70. The van der Waals surface area contributed by atoms with Crippen molar-refractivity contribution in [1.29, 1.82) is 0 Å². The number of rotatable bonds is 4. The number of halogens is 1. The molecule has 0 spiro atoms. The van der Waals surface area contributed by atoms with Gasteiger partial charge in [-0.25, -0.2) is 8.42 Å². The molecule has 1 amide bonds. The zero-order chi connectivity index (χ0) is 22.7. The number of aromatic nitrogens is 1. The molecule has 1 aromatic heterocycles. The number of benzene rings is 2. The average Bonchev–Trinajstić information content (AvgIpc) is 3.02. The molecule has 0 fully saturated rings. The van der Waals surface area contributed by atoms with E-state index in [2.05, 4.69) is 20.0 Å². The molecule has 3 aromatic rings. The lowest BCUT2D eigenvalue weighted by Crippen LogP contribution is -2.30. The molecular formula is C23H23ClN4O3S. The van der Waals surface area contributed by atoms with Gasteiger partial charge in [0.15, 0.2) is 0 Å². The highest BCUT2D eigenvalue weighted by Crippen LogP contribution is 2.22. The van der Waals surface area contributed by atoms with Crippen LogP contribution >= 0.6 is 11.6 Å². The minimum Gasteiger partial charge on any atom is -0.322 e. The maximum absolute atomic E-state index is 12.9. The largest absolute Gasteiger partial charge is 0.322 e. The van der Waals surface area contributed by atoms with Crippen LogP contribution in [0.2, 0.25) is 5.02 Å². The Balaban J connectivity index is 1.56. The van der Waals surface area contributed by atoms with Crippen molar-refractivity contribution in [3.8, 4) is 0 Å². The SMILES string of the molecule is Cc1nc2ccc(Cl)cc2cc1C(=O)Nc1cccc(S(=O)(=O)NC2=NCCCCC2)c1. The summed E-state index contributed by atoms with van der Waals surface area (Å²) in [5, 5.41) is 4.07. The van der Waals surface area contributed by atoms with Crippen molar-refractivity contribution in [2.75, 3.05) is 11.9 Å². The van der Waals surface area contributed by atoms with Gasteiger partial charge in [-0.2, -0.15) is 0 Å². The van der Waals surface area contributed by atoms with Crippen LogP contribution in [0.4, 0.5) is 5.69 Å². The number of pyridine rings is 1. The van der Waals surface area contributed by atoms with E-state index in [0.717, 1.165) is 30.2 Å². The van der Waals surface area contributed by atoms with E-state index >= 15 is 0 Å². The number of carbonyl (C=O) groups excluding carboxylic acids is 1. The van der Waals surface area contributed by atoms with Gasteiger partial charge in [0.2, 0.25) is 0 Å². The van der Waals surface area contributed by atoms with Crippen molar-refractivity contribution in [3.05, 3.63) is 64.8 Å². The molecule has 166 valence electrons. The molecule has 7 nitrogen and oxygen atoms in total. The summed E-state index contributed by atoms with van der Waals surface area (Å²) in [7, 11) is -3.80. The van der Waals surface area contributed by atoms with Gasteiger partial charge in [0.1, 0.15) is 5.84 Å². The molecule has 2 heterocycles. The monoisotopic (exact) mass is 470 g/mol. The van der Waals surface area contributed by atoms with Crippen molar-refractivity contribution in [2.45, 2.75) is 37.5 Å². The second-order valence-corrected chi connectivity index (χ2v) is 9.80. The second kappa shape index (κ2) is 9.26. The zero-order valence-electron chi connectivity index (χ0n) is 17.6. The third kappa shape index (κ3) is 5.08. The van der Waals surface area contributed by atoms with Gasteiger partial charge in [-0.3, -0.25) is 19.5 Å². The highest BCUT2D eigenvalue weighted by molar-refractivity contribution is 7.90. The fraction of sp³-hybridized carbons (Fsp3) is 0.261. The van der Waals surface area contributed by atoms with Crippen LogP contribution in [0.5, 0.6) is 0 Å². The van der Waals surface area contributed by atoms with Gasteiger partial charge in [-0.05, 0) is 62.2 Å². The molecule has 4 rings (SSSR count). The van der Waals surface area contributed by atoms with Crippen LogP contribution in [0, 0.1) is 6.92 Å². The summed E-state index contributed by atoms with van der Waals surface area (Å²) in [6.45, 7) is 2.37. The van der Waals surface area contributed by atoms with Gasteiger partial charge in [0, 0.05) is 29.1 Å². The molecule has 1 aliphatic heterocycles. The molecule has 0 atom stereocenters. The number of amides is 1. The number of aliphatic imine (C=N–C) groups is 1. The molecule has 0 saturated carbocycles. The first-order valence-corrected chi connectivity index (χ1v) is 12.2. The van der Waals surface area contributed by atoms with E-state index in [1.807, 2.05) is 0 Å². The topological polar surface area (TPSA) is 101 Å². The van der Waals surface area contributed by atoms with Gasteiger partial charge < -0.3 is 5.32 Å². The van der Waals surface area contributed by atoms with Crippen LogP contribution in [-0.4, -0.2) is 31.7 Å². The molecular weight excluding hydrogens is 448 g/mol. The highest BCUT2D eigenvalue weighted by Gasteiger charge is 2.19. The van der Waals surface area contributed by atoms with Crippen LogP contribution in [0.3, 0.4) is 0 Å². The Morgan fingerprint density at radius 1 is 1.06 bits per heavy atom. The van der Waals surface area contributed by atoms with Crippen molar-refractivity contribution in [3.63, 3.8) is 0 Å². The van der Waals surface area contributed by atoms with Crippen LogP contribution in [0.15, 0.2) is 58.4 Å². The number of carbonyl (C=O) groups is 1. The highest BCUT2D eigenvalue weighted by atomic mass is 35.5. The van der Waals surface area contributed by atoms with Crippen LogP contribution in [0.25, 0.3) is 10.9 Å². The van der Waals surface area contributed by atoms with Crippen LogP contribution in [0.1, 0.15) is 41.7 Å². The van der Waals surface area contributed by atoms with Gasteiger partial charge >= 0.3 is 0 Å². The first kappa shape index (κ1) is 22.2. The fourth-order valence-electron chi connectivity index (χ4n) is 3.58. The predicted molar refractivity (Wildman–Crippen MR) is 127 cm³/mol. The smallest absolute Gasteiger partial charge is 0.262 e. The van der Waals surface area contributed by atoms with Gasteiger partial charge in [0.05, 0.1) is 21.7 Å². The van der Waals surface area contributed by atoms with E-state index < -0.39 is 10.0 Å². The van der Waals surface area contributed by atoms with E-state index in [0.29, 0.717) is 40.8 Å². The molecule has 0 bridgehead atoms. The molecule has 9 heteroatoms. The first-order valence-electron chi connectivity index (χ1n) is 10.4. The number of nitrogens with one attached hydrogen (secondary N) is 2. The Hall–Kier alpha value is -2.97. The van der Waals surface area contributed by atoms with E-state index in [1.54, 1.807) is 43.3 Å². The van der Waals surface area contributed by atoms with Crippen molar-refractivity contribution >= 4 is 50.0 Å². The van der Waals surface area contributed by atoms with E-state index in [-0.39, 0.29) is 10.8 Å². The standard InChI is InChI=1S/C23H23ClN4O3S/c1-15-20(13-16-12-17(24)9-10-21(16)26-15)23(29)27-18-6-5-7-19(14-18)32(30,31)28-22-8-3-2-4-11-25-22/h5-7,9-10,12-14H,2-4,8,11H2,1H3,(H,25,28)(H,27,29). The Morgan fingerprint density at radius 3 is 2.75 bits per heavy atom. The minimum atomic E-state index is -3.80. The first-order chi connectivity index (χ1) is 15.3. The molecule has 0 saturated heterocycles. The maximum atomic E-state index is 12.9. The minimum absolute atomic E-state index is 0.0578. The van der Waals surface area contributed by atoms with Gasteiger partial charge in [0.25, 0.3) is 15.9 Å². The third-order valence-electron chi connectivity index (χ3n) is 5.24. The Labute approximate surface area is 192 Å². The van der Waals surface area contributed by atoms with Crippen molar-refractivity contribution < 1.29 is 13.2 Å². The Kier molecular flexibility index (Phi) is 6.43. The summed E-state index contributed by atoms with van der Waals surface area (Å²) < 4.78 is 28.2. The Bertz CT molecular complexity index is 1320. The zero-order valence-corrected chi connectivity index (χ0v) is 19.1. The summed E-state index contributed by atoms with van der Waals surface area (Å²) in [6, 6.07) is 13.2. The molecule has 0 radical (unpaired) electrons. The summed E-state index contributed by atoms with van der Waals surface area (Å²) >= 11 is 6.06. The summed E-state index contributed by atoms with van der Waals surface area (Å²) in [4.78, 5) is 21.8. The summed E-state index contributed by atoms with van der Waals surface area (Å²) in [5.41, 5.74) is 2.06. The Morgan fingerprint density at radius 2 is 1.91 bits per heavy atom. The van der Waals surface area contributed by atoms with E-state index in [1.165, 1.54) is 12.1 Å². The quantitative estimate of drug-likeness (QED) is 0.577. The molecule has 2 aromatic carbocycles. The number of hydrogen-bond donors (Lipinski definition) is 2. The normalized spacial score (nSPS) is 14.5. The lowest BCUT2D eigenvalue weighted by atomic mass is 10.1. The van der Waals surface area contributed by atoms with Crippen LogP contribution in [-0.2, 0) is 10.0 Å². The molecule has 1 aliphatic rings. The number of sulfonamides is 1. The molecule has 2 N–H and O–H groups in total. The number of hydrogen-bond acceptors (Lipinski definition) is 5. The molecule has 0 unspecified atom stereocenters. The lowest BCUT2D eigenvalue weighted by molar-refractivity contribution is 0.102. The number of amidine groups is 1. The van der Waals surface area contributed by atoms with E-state index in [4.69, 9.17) is 11.6 Å². The van der Waals surface area contributed by atoms with Crippen molar-refractivity contribution in [2.24, 2.45) is 4.99 Å². The summed E-state index contributed by atoms with van der Waals surface area (Å²) in [6.07, 6.45) is 3.50. The molecule has 0 aliphatic carbocycles. The third-order valence-corrected chi connectivity index (χ3v) is 6.85. The van der Waals surface area contributed by atoms with Crippen LogP contribution < -0.4 is 10.0 Å². The summed E-state index contributed by atoms with van der Waals surface area (Å²) in [5.74, 6) is 0.0981. The van der Waals surface area contributed by atoms with Gasteiger partial charge in [-0.15, -0.1) is 0 Å². The fourth-order valence-corrected chi connectivity index (χ4v) is 4.90. The average molecular weight is 471 g/mol. The van der Waals surface area contributed by atoms with E-state index in [9.17, 15) is 13.2 Å². The number of aryl methyl sites for hydroxylation is 1. The maximum Gasteiger partial charge on any atom is 0.262 e. The second-order valence-electron chi connectivity index (χ2n) is 7.68.